The second-order valence-electron chi connectivity index (χ2n) is 7.67. The third-order valence-corrected chi connectivity index (χ3v) is 6.59. The normalized spacial score (nSPS) is 15.5. The van der Waals surface area contributed by atoms with Gasteiger partial charge in [-0.15, -0.1) is 11.3 Å². The lowest BCUT2D eigenvalue weighted by Crippen LogP contribution is -2.47. The minimum absolute atomic E-state index is 0.294. The number of benzene rings is 2. The number of rotatable bonds is 6. The number of oxazole rings is 1. The second kappa shape index (κ2) is 8.66. The molecule has 31 heavy (non-hydrogen) atoms. The first-order valence-electron chi connectivity index (χ1n) is 10.3. The molecule has 0 bridgehead atoms. The van der Waals surface area contributed by atoms with Gasteiger partial charge in [0.1, 0.15) is 10.8 Å². The summed E-state index contributed by atoms with van der Waals surface area (Å²) in [6.07, 6.45) is 0. The highest BCUT2D eigenvalue weighted by Gasteiger charge is 2.20. The molecule has 7 nitrogen and oxygen atoms in total. The van der Waals surface area contributed by atoms with Crippen LogP contribution in [0.2, 0.25) is 0 Å². The average molecular weight is 437 g/mol. The van der Waals surface area contributed by atoms with Crippen molar-refractivity contribution in [3.05, 3.63) is 70.2 Å². The topological polar surface area (TPSA) is 63.7 Å². The van der Waals surface area contributed by atoms with Crippen molar-refractivity contribution < 1.29 is 9.15 Å². The van der Waals surface area contributed by atoms with Crippen molar-refractivity contribution in [2.24, 2.45) is 0 Å². The van der Waals surface area contributed by atoms with Gasteiger partial charge in [0.25, 0.3) is 0 Å². The number of ether oxygens (including phenoxy) is 1. The third-order valence-electron chi connectivity index (χ3n) is 5.65. The number of methoxy groups -OCH3 is 1. The molecule has 0 saturated carbocycles. The Kier molecular flexibility index (Phi) is 5.59. The monoisotopic (exact) mass is 436 g/mol. The van der Waals surface area contributed by atoms with Crippen LogP contribution in [-0.2, 0) is 13.2 Å². The van der Waals surface area contributed by atoms with E-state index in [1.165, 1.54) is 0 Å². The van der Waals surface area contributed by atoms with E-state index < -0.39 is 0 Å². The van der Waals surface area contributed by atoms with Gasteiger partial charge in [-0.2, -0.15) is 0 Å². The standard InChI is InChI=1S/C23H24N4O3S/c1-29-19-8-6-17(7-9-19)22-24-18(15-31-22)14-25-10-12-26(13-11-25)16-27-20-4-2-3-5-21(20)30-23(27)28/h2-9,15H,10-14,16H2,1H3. The molecular formula is C23H24N4O3S. The number of hydrogen-bond donors (Lipinski definition) is 0. The van der Waals surface area contributed by atoms with E-state index in [2.05, 4.69) is 15.2 Å². The number of fused-ring (bicyclic) bond motifs is 1. The molecule has 0 atom stereocenters. The zero-order valence-electron chi connectivity index (χ0n) is 17.4. The molecule has 4 aromatic rings. The van der Waals surface area contributed by atoms with E-state index in [1.54, 1.807) is 23.0 Å². The molecule has 3 heterocycles. The first kappa shape index (κ1) is 20.0. The summed E-state index contributed by atoms with van der Waals surface area (Å²) in [6, 6.07) is 15.6. The lowest BCUT2D eigenvalue weighted by atomic mass is 10.2. The van der Waals surface area contributed by atoms with Crippen LogP contribution in [0.4, 0.5) is 0 Å². The Morgan fingerprint density at radius 1 is 1.03 bits per heavy atom. The summed E-state index contributed by atoms with van der Waals surface area (Å²) >= 11 is 1.67. The van der Waals surface area contributed by atoms with Crippen molar-refractivity contribution in [2.75, 3.05) is 33.3 Å². The highest BCUT2D eigenvalue weighted by Crippen LogP contribution is 2.26. The van der Waals surface area contributed by atoms with Crippen LogP contribution in [0.1, 0.15) is 5.69 Å². The van der Waals surface area contributed by atoms with Crippen molar-refractivity contribution in [1.29, 1.82) is 0 Å². The summed E-state index contributed by atoms with van der Waals surface area (Å²) in [6.45, 7) is 5.10. The van der Waals surface area contributed by atoms with Crippen molar-refractivity contribution in [2.45, 2.75) is 13.2 Å². The number of piperazine rings is 1. The maximum Gasteiger partial charge on any atom is 0.421 e. The third kappa shape index (κ3) is 4.27. The molecule has 1 aliphatic heterocycles. The van der Waals surface area contributed by atoms with Gasteiger partial charge >= 0.3 is 5.76 Å². The van der Waals surface area contributed by atoms with E-state index in [-0.39, 0.29) is 5.76 Å². The Hall–Kier alpha value is -2.94. The number of nitrogens with zero attached hydrogens (tertiary/aromatic N) is 4. The smallest absolute Gasteiger partial charge is 0.421 e. The lowest BCUT2D eigenvalue weighted by molar-refractivity contribution is 0.101. The highest BCUT2D eigenvalue weighted by molar-refractivity contribution is 7.13. The van der Waals surface area contributed by atoms with Gasteiger partial charge in [-0.1, -0.05) is 12.1 Å². The maximum absolute atomic E-state index is 12.2. The summed E-state index contributed by atoms with van der Waals surface area (Å²) in [4.78, 5) is 21.7. The number of para-hydroxylation sites is 2. The minimum Gasteiger partial charge on any atom is -0.497 e. The number of thiazole rings is 1. The van der Waals surface area contributed by atoms with E-state index >= 15 is 0 Å². The van der Waals surface area contributed by atoms with Gasteiger partial charge in [0.15, 0.2) is 5.58 Å². The van der Waals surface area contributed by atoms with Crippen LogP contribution in [0.3, 0.4) is 0 Å². The molecule has 2 aromatic heterocycles. The zero-order valence-corrected chi connectivity index (χ0v) is 18.2. The summed E-state index contributed by atoms with van der Waals surface area (Å²) in [5, 5.41) is 3.17. The minimum atomic E-state index is -0.294. The summed E-state index contributed by atoms with van der Waals surface area (Å²) in [5.74, 6) is 0.557. The molecule has 160 valence electrons. The molecule has 5 rings (SSSR count). The molecule has 2 aromatic carbocycles. The Morgan fingerprint density at radius 3 is 2.55 bits per heavy atom. The van der Waals surface area contributed by atoms with E-state index in [0.717, 1.165) is 60.3 Å². The van der Waals surface area contributed by atoms with Crippen LogP contribution in [0.25, 0.3) is 21.7 Å². The van der Waals surface area contributed by atoms with Crippen LogP contribution < -0.4 is 10.5 Å². The fraction of sp³-hybridized carbons (Fsp3) is 0.304. The van der Waals surface area contributed by atoms with Gasteiger partial charge in [-0.05, 0) is 36.4 Å². The van der Waals surface area contributed by atoms with Gasteiger partial charge in [0, 0.05) is 43.7 Å². The van der Waals surface area contributed by atoms with Crippen LogP contribution in [0, 0.1) is 0 Å². The largest absolute Gasteiger partial charge is 0.497 e. The molecule has 0 aliphatic carbocycles. The molecule has 0 unspecified atom stereocenters. The molecule has 0 spiro atoms. The lowest BCUT2D eigenvalue weighted by Gasteiger charge is -2.34. The first-order chi connectivity index (χ1) is 15.2. The first-order valence-corrected chi connectivity index (χ1v) is 11.2. The van der Waals surface area contributed by atoms with Crippen molar-refractivity contribution >= 4 is 22.4 Å². The molecule has 0 N–H and O–H groups in total. The Morgan fingerprint density at radius 2 is 1.77 bits per heavy atom. The van der Waals surface area contributed by atoms with E-state index in [0.29, 0.717) is 12.3 Å². The molecule has 0 amide bonds. The van der Waals surface area contributed by atoms with Gasteiger partial charge in [0.05, 0.1) is 25.0 Å². The van der Waals surface area contributed by atoms with E-state index in [9.17, 15) is 4.79 Å². The number of aromatic nitrogens is 2. The Balaban J connectivity index is 1.18. The fourth-order valence-electron chi connectivity index (χ4n) is 3.91. The highest BCUT2D eigenvalue weighted by atomic mass is 32.1. The van der Waals surface area contributed by atoms with Gasteiger partial charge < -0.3 is 9.15 Å². The predicted molar refractivity (Wildman–Crippen MR) is 121 cm³/mol. The zero-order chi connectivity index (χ0) is 21.2. The molecule has 1 fully saturated rings. The molecule has 8 heteroatoms. The molecular weight excluding hydrogens is 412 g/mol. The van der Waals surface area contributed by atoms with Crippen LogP contribution in [0.5, 0.6) is 5.75 Å². The molecule has 1 aliphatic rings. The summed E-state index contributed by atoms with van der Waals surface area (Å²) in [7, 11) is 1.67. The van der Waals surface area contributed by atoms with Crippen LogP contribution in [-0.4, -0.2) is 52.6 Å². The SMILES string of the molecule is COc1ccc(-c2nc(CN3CCN(Cn4c(=O)oc5ccccc54)CC3)cs2)cc1. The summed E-state index contributed by atoms with van der Waals surface area (Å²) < 4.78 is 12.3. The number of hydrogen-bond acceptors (Lipinski definition) is 7. The average Bonchev–Trinajstić information content (AvgIpc) is 3.39. The van der Waals surface area contributed by atoms with Crippen LogP contribution in [0.15, 0.2) is 63.1 Å². The van der Waals surface area contributed by atoms with Crippen molar-refractivity contribution in [3.63, 3.8) is 0 Å². The Bertz CT molecular complexity index is 1220. The van der Waals surface area contributed by atoms with Gasteiger partial charge in [0.2, 0.25) is 0 Å². The van der Waals surface area contributed by atoms with Crippen molar-refractivity contribution in [3.8, 4) is 16.3 Å². The van der Waals surface area contributed by atoms with Gasteiger partial charge in [-0.25, -0.2) is 9.78 Å². The predicted octanol–water partition coefficient (Wildman–Crippen LogP) is 3.50. The second-order valence-corrected chi connectivity index (χ2v) is 8.53. The van der Waals surface area contributed by atoms with Gasteiger partial charge in [-0.3, -0.25) is 14.4 Å². The summed E-state index contributed by atoms with van der Waals surface area (Å²) in [5.41, 5.74) is 3.70. The quantitative estimate of drug-likeness (QED) is 0.461. The molecule has 1 saturated heterocycles. The van der Waals surface area contributed by atoms with Crippen molar-refractivity contribution in [1.82, 2.24) is 19.4 Å². The molecule has 0 radical (unpaired) electrons. The fourth-order valence-corrected chi connectivity index (χ4v) is 4.73. The van der Waals surface area contributed by atoms with E-state index in [1.807, 2.05) is 48.5 Å². The Labute approximate surface area is 184 Å². The van der Waals surface area contributed by atoms with Crippen LogP contribution >= 0.6 is 11.3 Å². The maximum atomic E-state index is 12.2. The van der Waals surface area contributed by atoms with E-state index in [4.69, 9.17) is 14.1 Å².